The van der Waals surface area contributed by atoms with Gasteiger partial charge in [0.1, 0.15) is 0 Å². The molecule has 0 aromatic heterocycles. The lowest BCUT2D eigenvalue weighted by Gasteiger charge is -2.36. The van der Waals surface area contributed by atoms with Gasteiger partial charge < -0.3 is 30.8 Å². The highest BCUT2D eigenvalue weighted by molar-refractivity contribution is 5.92. The van der Waals surface area contributed by atoms with Crippen LogP contribution in [0.4, 0.5) is 0 Å². The number of hydrogen-bond donors (Lipinski definition) is 6. The zero-order valence-corrected chi connectivity index (χ0v) is 12.7. The van der Waals surface area contributed by atoms with Gasteiger partial charge in [-0.15, -0.1) is 0 Å². The molecule has 0 bridgehead atoms. The molecule has 24 heavy (non-hydrogen) atoms. The average Bonchev–Trinajstić information content (AvgIpc) is 2.52. The zero-order chi connectivity index (χ0) is 17.9. The molecule has 8 heteroatoms. The number of aliphatic hydroxyl groups is 2. The fraction of sp³-hybridized carbons (Fsp3) is 0.375. The second-order valence-corrected chi connectivity index (χ2v) is 5.84. The first-order chi connectivity index (χ1) is 11.2. The normalized spacial score (nSPS) is 27.1. The summed E-state index contributed by atoms with van der Waals surface area (Å²) in [4.78, 5) is 23.0. The Kier molecular flexibility index (Phi) is 5.10. The maximum atomic E-state index is 11.9. The predicted octanol–water partition coefficient (Wildman–Crippen LogP) is -0.0437. The minimum atomic E-state index is -1.97. The Morgan fingerprint density at radius 2 is 1.96 bits per heavy atom. The number of carboxylic acids is 1. The van der Waals surface area contributed by atoms with Crippen molar-refractivity contribution in [2.24, 2.45) is 0 Å². The zero-order valence-electron chi connectivity index (χ0n) is 12.7. The van der Waals surface area contributed by atoms with E-state index in [2.05, 4.69) is 5.32 Å². The number of aliphatic carboxylic acids is 1. The van der Waals surface area contributed by atoms with Gasteiger partial charge in [-0.05, 0) is 36.6 Å². The third kappa shape index (κ3) is 4.03. The van der Waals surface area contributed by atoms with E-state index >= 15 is 0 Å². The van der Waals surface area contributed by atoms with Gasteiger partial charge in [0.2, 0.25) is 5.91 Å². The van der Waals surface area contributed by atoms with Gasteiger partial charge in [0.15, 0.2) is 17.1 Å². The molecule has 1 aromatic carbocycles. The van der Waals surface area contributed by atoms with Gasteiger partial charge in [0.05, 0.1) is 12.1 Å². The number of carbonyl (C=O) groups excluding carboxylic acids is 1. The summed E-state index contributed by atoms with van der Waals surface area (Å²) in [6, 6.07) is 3.13. The van der Waals surface area contributed by atoms with E-state index in [0.717, 1.165) is 6.08 Å². The Bertz CT molecular complexity index is 672. The Morgan fingerprint density at radius 1 is 1.25 bits per heavy atom. The molecule has 1 aliphatic rings. The molecule has 1 amide bonds. The molecule has 1 fully saturated rings. The lowest BCUT2D eigenvalue weighted by atomic mass is 9.80. The minimum Gasteiger partial charge on any atom is -0.504 e. The fourth-order valence-corrected chi connectivity index (χ4v) is 2.58. The first-order valence-electron chi connectivity index (χ1n) is 7.36. The Hall–Kier alpha value is -2.58. The van der Waals surface area contributed by atoms with E-state index in [0.29, 0.717) is 5.56 Å². The van der Waals surface area contributed by atoms with E-state index < -0.39 is 29.6 Å². The molecule has 0 spiro atoms. The number of phenols is 2. The van der Waals surface area contributed by atoms with Gasteiger partial charge in [-0.3, -0.25) is 4.79 Å². The molecule has 6 N–H and O–H groups in total. The Balaban J connectivity index is 2.01. The van der Waals surface area contributed by atoms with E-state index in [4.69, 9.17) is 5.11 Å². The summed E-state index contributed by atoms with van der Waals surface area (Å²) in [6.45, 7) is 0. The van der Waals surface area contributed by atoms with E-state index in [9.17, 15) is 30.0 Å². The predicted molar refractivity (Wildman–Crippen MR) is 83.2 cm³/mol. The summed E-state index contributed by atoms with van der Waals surface area (Å²) in [7, 11) is 0. The molecule has 1 saturated carbocycles. The number of rotatable bonds is 4. The highest BCUT2D eigenvalue weighted by Crippen LogP contribution is 2.29. The third-order valence-corrected chi connectivity index (χ3v) is 4.03. The maximum absolute atomic E-state index is 11.9. The van der Waals surface area contributed by atoms with E-state index in [-0.39, 0.29) is 30.8 Å². The molecule has 0 heterocycles. The largest absolute Gasteiger partial charge is 0.504 e. The summed E-state index contributed by atoms with van der Waals surface area (Å²) in [5.74, 6) is -2.58. The van der Waals surface area contributed by atoms with Gasteiger partial charge in [0.25, 0.3) is 0 Å². The molecule has 0 aliphatic heterocycles. The first-order valence-corrected chi connectivity index (χ1v) is 7.36. The lowest BCUT2D eigenvalue weighted by Crippen LogP contribution is -2.55. The quantitative estimate of drug-likeness (QED) is 0.333. The van der Waals surface area contributed by atoms with Gasteiger partial charge in [-0.2, -0.15) is 0 Å². The number of amides is 1. The number of carbonyl (C=O) groups is 2. The second kappa shape index (κ2) is 6.90. The van der Waals surface area contributed by atoms with Crippen LogP contribution in [0.1, 0.15) is 24.8 Å². The SMILES string of the molecule is O=C(/C=C\c1ccc(O)c(O)c1)NC1CC(O)(C(=O)O)CC[C@@H]1O. The summed E-state index contributed by atoms with van der Waals surface area (Å²) in [6.07, 6.45) is 1.27. The van der Waals surface area contributed by atoms with Crippen LogP contribution in [-0.2, 0) is 9.59 Å². The van der Waals surface area contributed by atoms with Crippen molar-refractivity contribution in [1.82, 2.24) is 5.32 Å². The molecule has 1 aromatic rings. The smallest absolute Gasteiger partial charge is 0.335 e. The molecule has 2 unspecified atom stereocenters. The van der Waals surface area contributed by atoms with Crippen molar-refractivity contribution in [2.75, 3.05) is 0 Å². The first kappa shape index (κ1) is 17.8. The molecular weight excluding hydrogens is 318 g/mol. The van der Waals surface area contributed by atoms with Crippen molar-refractivity contribution in [3.05, 3.63) is 29.8 Å². The van der Waals surface area contributed by atoms with Crippen molar-refractivity contribution in [2.45, 2.75) is 37.0 Å². The molecule has 1 aliphatic carbocycles. The van der Waals surface area contributed by atoms with Crippen LogP contribution < -0.4 is 5.32 Å². The van der Waals surface area contributed by atoms with Crippen molar-refractivity contribution >= 4 is 18.0 Å². The number of aliphatic hydroxyl groups excluding tert-OH is 1. The van der Waals surface area contributed by atoms with Crippen LogP contribution in [0.15, 0.2) is 24.3 Å². The van der Waals surface area contributed by atoms with Gasteiger partial charge >= 0.3 is 5.97 Å². The molecule has 2 rings (SSSR count). The van der Waals surface area contributed by atoms with Crippen LogP contribution in [0.5, 0.6) is 11.5 Å². The number of carboxylic acid groups (broad SMARTS) is 1. The summed E-state index contributed by atoms with van der Waals surface area (Å²) in [5, 5.41) is 49.9. The van der Waals surface area contributed by atoms with Crippen LogP contribution in [0.25, 0.3) is 6.08 Å². The van der Waals surface area contributed by atoms with Crippen LogP contribution in [0.2, 0.25) is 0 Å². The fourth-order valence-electron chi connectivity index (χ4n) is 2.58. The van der Waals surface area contributed by atoms with Crippen LogP contribution in [-0.4, -0.2) is 55.2 Å². The van der Waals surface area contributed by atoms with Crippen LogP contribution in [0, 0.1) is 0 Å². The van der Waals surface area contributed by atoms with Crippen LogP contribution >= 0.6 is 0 Å². The van der Waals surface area contributed by atoms with E-state index in [1.165, 1.54) is 24.3 Å². The number of phenolic OH excluding ortho intramolecular Hbond substituents is 2. The topological polar surface area (TPSA) is 147 Å². The molecular formula is C16H19NO7. The van der Waals surface area contributed by atoms with Crippen molar-refractivity contribution in [1.29, 1.82) is 0 Å². The maximum Gasteiger partial charge on any atom is 0.335 e. The second-order valence-electron chi connectivity index (χ2n) is 5.84. The van der Waals surface area contributed by atoms with Gasteiger partial charge in [0, 0.05) is 12.5 Å². The minimum absolute atomic E-state index is 0.0588. The summed E-state index contributed by atoms with van der Waals surface area (Å²) in [5.41, 5.74) is -1.50. The number of hydrogen-bond acceptors (Lipinski definition) is 6. The number of nitrogens with one attached hydrogen (secondary N) is 1. The van der Waals surface area contributed by atoms with E-state index in [1.54, 1.807) is 0 Å². The van der Waals surface area contributed by atoms with Crippen molar-refractivity contribution in [3.8, 4) is 11.5 Å². The number of aromatic hydroxyl groups is 2. The monoisotopic (exact) mass is 337 g/mol. The van der Waals surface area contributed by atoms with Gasteiger partial charge in [-0.1, -0.05) is 6.07 Å². The van der Waals surface area contributed by atoms with E-state index in [1.807, 2.05) is 0 Å². The standard InChI is InChI=1S/C16H19NO7/c18-11-5-6-16(24,15(22)23)8-10(11)17-14(21)4-2-9-1-3-12(19)13(20)7-9/h1-4,7,10-11,18-20,24H,5-6,8H2,(H,17,21)(H,22,23)/b4-2-/t10?,11-,16?/m0/s1. The molecule has 8 nitrogen and oxygen atoms in total. The highest BCUT2D eigenvalue weighted by Gasteiger charge is 2.44. The lowest BCUT2D eigenvalue weighted by molar-refractivity contribution is -0.166. The summed E-state index contributed by atoms with van der Waals surface area (Å²) < 4.78 is 0. The van der Waals surface area contributed by atoms with Crippen molar-refractivity contribution in [3.63, 3.8) is 0 Å². The third-order valence-electron chi connectivity index (χ3n) is 4.03. The van der Waals surface area contributed by atoms with Crippen LogP contribution in [0.3, 0.4) is 0 Å². The Labute approximate surface area is 137 Å². The molecule has 0 radical (unpaired) electrons. The summed E-state index contributed by atoms with van der Waals surface area (Å²) >= 11 is 0. The van der Waals surface area contributed by atoms with Gasteiger partial charge in [-0.25, -0.2) is 4.79 Å². The Morgan fingerprint density at radius 3 is 2.58 bits per heavy atom. The molecule has 130 valence electrons. The molecule has 0 saturated heterocycles. The average molecular weight is 337 g/mol. The molecule has 3 atom stereocenters. The highest BCUT2D eigenvalue weighted by atomic mass is 16.4. The number of benzene rings is 1. The van der Waals surface area contributed by atoms with Crippen molar-refractivity contribution < 1.29 is 35.1 Å².